The van der Waals surface area contributed by atoms with Gasteiger partial charge in [0.2, 0.25) is 0 Å². The third-order valence-corrected chi connectivity index (χ3v) is 5.82. The monoisotopic (exact) mass is 328 g/mol. The van der Waals surface area contributed by atoms with Crippen LogP contribution in [0.15, 0.2) is 78.9 Å². The van der Waals surface area contributed by atoms with Gasteiger partial charge in [-0.2, -0.15) is 0 Å². The average molecular weight is 328 g/mol. The quantitative estimate of drug-likeness (QED) is 0.501. The number of fused-ring (bicyclic) bond motifs is 2. The summed E-state index contributed by atoms with van der Waals surface area (Å²) in [4.78, 5) is 0. The van der Waals surface area contributed by atoms with Gasteiger partial charge in [0.1, 0.15) is 0 Å². The van der Waals surface area contributed by atoms with Gasteiger partial charge in [0.15, 0.2) is 0 Å². The smallest absolute Gasteiger partial charge is 0.0814 e. The molecule has 0 radical (unpaired) electrons. The fourth-order valence-electron chi connectivity index (χ4n) is 3.30. The molecule has 0 fully saturated rings. The van der Waals surface area contributed by atoms with Crippen LogP contribution in [0.4, 0.5) is 0 Å². The topological polar surface area (TPSA) is 0 Å². The summed E-state index contributed by atoms with van der Waals surface area (Å²) in [5.74, 6) is 0.468. The lowest BCUT2D eigenvalue weighted by molar-refractivity contribution is 0.932. The van der Waals surface area contributed by atoms with Crippen molar-refractivity contribution in [2.45, 2.75) is 5.92 Å². The van der Waals surface area contributed by atoms with Gasteiger partial charge >= 0.3 is 0 Å². The molecule has 118 valence electrons. The van der Waals surface area contributed by atoms with Crippen LogP contribution in [0, 0.1) is 0 Å². The maximum Gasteiger partial charge on any atom is 0.0814 e. The number of hydrogen-bond acceptors (Lipinski definition) is 0. The molecular formula is C22H22BP. The van der Waals surface area contributed by atoms with Crippen molar-refractivity contribution in [1.82, 2.24) is 0 Å². The van der Waals surface area contributed by atoms with E-state index in [-0.39, 0.29) is 8.41 Å². The molecule has 0 aliphatic heterocycles. The van der Waals surface area contributed by atoms with E-state index >= 15 is 0 Å². The summed E-state index contributed by atoms with van der Waals surface area (Å²) < 4.78 is 0. The second kappa shape index (κ2) is 7.64. The van der Waals surface area contributed by atoms with Crippen molar-refractivity contribution in [1.29, 1.82) is 0 Å². The predicted octanol–water partition coefficient (Wildman–Crippen LogP) is 4.12. The van der Waals surface area contributed by atoms with Gasteiger partial charge in [-0.1, -0.05) is 99.6 Å². The van der Waals surface area contributed by atoms with Crippen molar-refractivity contribution in [3.63, 3.8) is 0 Å². The van der Waals surface area contributed by atoms with Gasteiger partial charge in [0, 0.05) is 5.92 Å². The summed E-state index contributed by atoms with van der Waals surface area (Å²) in [6, 6.07) is 28.5. The molecule has 0 amide bonds. The lowest BCUT2D eigenvalue weighted by atomic mass is 9.89. The fraction of sp³-hybridized carbons (Fsp3) is 0.0909. The first-order valence-electron chi connectivity index (χ1n) is 8.07. The Labute approximate surface area is 148 Å². The van der Waals surface area contributed by atoms with E-state index in [0.717, 1.165) is 8.58 Å². The first kappa shape index (κ1) is 16.7. The normalized spacial score (nSPS) is 13.2. The van der Waals surface area contributed by atoms with E-state index in [0.29, 0.717) is 5.92 Å². The van der Waals surface area contributed by atoms with E-state index in [1.807, 2.05) is 0 Å². The van der Waals surface area contributed by atoms with Gasteiger partial charge < -0.3 is 0 Å². The van der Waals surface area contributed by atoms with E-state index in [1.54, 1.807) is 0 Å². The summed E-state index contributed by atoms with van der Waals surface area (Å²) in [5, 5.41) is 1.44. The molecule has 1 aliphatic carbocycles. The highest BCUT2D eigenvalue weighted by Gasteiger charge is 2.20. The van der Waals surface area contributed by atoms with Gasteiger partial charge in [-0.15, -0.1) is 0 Å². The Balaban J connectivity index is 0.00000169. The minimum Gasteiger partial charge on any atom is -0.0894 e. The maximum absolute atomic E-state index is 2.29. The fourth-order valence-corrected chi connectivity index (χ4v) is 4.61. The van der Waals surface area contributed by atoms with Gasteiger partial charge in [-0.25, -0.2) is 0 Å². The van der Waals surface area contributed by atoms with Crippen LogP contribution in [0.3, 0.4) is 0 Å². The zero-order valence-corrected chi connectivity index (χ0v) is 13.9. The Morgan fingerprint density at radius 3 is 1.71 bits per heavy atom. The Hall–Kier alpha value is -2.11. The highest BCUT2D eigenvalue weighted by molar-refractivity contribution is 7.47. The molecule has 1 unspecified atom stereocenters. The molecule has 1 atom stereocenters. The molecule has 2 heteroatoms. The van der Waals surface area contributed by atoms with Crippen LogP contribution >= 0.6 is 8.58 Å². The summed E-state index contributed by atoms with van der Waals surface area (Å²) in [5.41, 5.74) is 5.62. The van der Waals surface area contributed by atoms with Gasteiger partial charge in [-0.3, -0.25) is 0 Å². The van der Waals surface area contributed by atoms with Gasteiger partial charge in [0.05, 0.1) is 8.41 Å². The number of rotatable bonds is 3. The second-order valence-electron chi connectivity index (χ2n) is 5.89. The van der Waals surface area contributed by atoms with Gasteiger partial charge in [0.25, 0.3) is 0 Å². The third kappa shape index (κ3) is 3.37. The van der Waals surface area contributed by atoms with Crippen LogP contribution in [0.5, 0.6) is 0 Å². The van der Waals surface area contributed by atoms with Crippen LogP contribution < -0.4 is 5.30 Å². The molecule has 0 saturated heterocycles. The van der Waals surface area contributed by atoms with Crippen molar-refractivity contribution in [3.8, 4) is 0 Å². The molecule has 0 bridgehead atoms. The first-order valence-corrected chi connectivity index (χ1v) is 9.27. The lowest BCUT2D eigenvalue weighted by Gasteiger charge is -2.20. The maximum atomic E-state index is 2.29. The van der Waals surface area contributed by atoms with Crippen LogP contribution in [0.1, 0.15) is 28.2 Å². The SMILES string of the molecule is B.C1=Cc2ccccc2C(CPc2ccccc2)c2ccccc21. The Morgan fingerprint density at radius 1 is 0.625 bits per heavy atom. The highest BCUT2D eigenvalue weighted by Crippen LogP contribution is 2.37. The molecular weight excluding hydrogens is 306 g/mol. The molecule has 3 aromatic carbocycles. The number of benzene rings is 3. The van der Waals surface area contributed by atoms with Crippen molar-refractivity contribution < 1.29 is 0 Å². The second-order valence-corrected chi connectivity index (χ2v) is 7.23. The molecule has 3 aromatic rings. The van der Waals surface area contributed by atoms with Crippen molar-refractivity contribution >= 4 is 34.5 Å². The molecule has 0 N–H and O–H groups in total. The largest absolute Gasteiger partial charge is 0.0894 e. The summed E-state index contributed by atoms with van der Waals surface area (Å²) in [7, 11) is 0.829. The Bertz CT molecular complexity index is 790. The Morgan fingerprint density at radius 2 is 1.12 bits per heavy atom. The molecule has 0 heterocycles. The van der Waals surface area contributed by atoms with Crippen LogP contribution in [0.2, 0.25) is 0 Å². The predicted molar refractivity (Wildman–Crippen MR) is 113 cm³/mol. The molecule has 1 aliphatic rings. The van der Waals surface area contributed by atoms with Crippen molar-refractivity contribution in [3.05, 3.63) is 101 Å². The standard InChI is InChI=1S/C22H19P.BH3/c1-2-10-19(11-3-1)23-16-22-20-12-6-4-8-17(20)14-15-18-9-5-7-13-21(18)22;/h1-15,22-23H,16H2;1H3. The first-order chi connectivity index (χ1) is 11.4. The van der Waals surface area contributed by atoms with E-state index in [9.17, 15) is 0 Å². The van der Waals surface area contributed by atoms with Gasteiger partial charge in [-0.05, 0) is 33.7 Å². The van der Waals surface area contributed by atoms with E-state index in [4.69, 9.17) is 0 Å². The van der Waals surface area contributed by atoms with Crippen LogP contribution in [-0.2, 0) is 0 Å². The summed E-state index contributed by atoms with van der Waals surface area (Å²) >= 11 is 0. The van der Waals surface area contributed by atoms with E-state index in [2.05, 4.69) is 91.0 Å². The molecule has 0 saturated carbocycles. The molecule has 24 heavy (non-hydrogen) atoms. The van der Waals surface area contributed by atoms with Crippen molar-refractivity contribution in [2.24, 2.45) is 0 Å². The molecule has 0 nitrogen and oxygen atoms in total. The van der Waals surface area contributed by atoms with E-state index in [1.165, 1.54) is 33.7 Å². The molecule has 0 aromatic heterocycles. The van der Waals surface area contributed by atoms with Crippen molar-refractivity contribution in [2.75, 3.05) is 6.16 Å². The van der Waals surface area contributed by atoms with Crippen LogP contribution in [-0.4, -0.2) is 14.6 Å². The zero-order chi connectivity index (χ0) is 15.5. The third-order valence-electron chi connectivity index (χ3n) is 4.47. The minimum absolute atomic E-state index is 0. The van der Waals surface area contributed by atoms with Crippen LogP contribution in [0.25, 0.3) is 12.2 Å². The zero-order valence-electron chi connectivity index (χ0n) is 12.9. The lowest BCUT2D eigenvalue weighted by Crippen LogP contribution is -2.08. The summed E-state index contributed by atoms with van der Waals surface area (Å²) in [6.45, 7) is 0. The molecule has 0 spiro atoms. The minimum atomic E-state index is 0. The highest BCUT2D eigenvalue weighted by atomic mass is 31.1. The summed E-state index contributed by atoms with van der Waals surface area (Å²) in [6.07, 6.45) is 5.69. The average Bonchev–Trinajstić information content (AvgIpc) is 2.78. The molecule has 4 rings (SSSR count). The number of hydrogen-bond donors (Lipinski definition) is 0. The van der Waals surface area contributed by atoms with E-state index < -0.39 is 0 Å². The Kier molecular flexibility index (Phi) is 5.33.